The molecule has 1 heterocycles. The highest BCUT2D eigenvalue weighted by molar-refractivity contribution is 5.94. The third kappa shape index (κ3) is 3.54. The van der Waals surface area contributed by atoms with Crippen LogP contribution < -0.4 is 0 Å². The van der Waals surface area contributed by atoms with Crippen molar-refractivity contribution in [3.63, 3.8) is 0 Å². The molecule has 1 saturated heterocycles. The molecular weight excluding hydrogens is 290 g/mol. The maximum absolute atomic E-state index is 12.5. The van der Waals surface area contributed by atoms with Crippen LogP contribution in [0.2, 0.25) is 0 Å². The summed E-state index contributed by atoms with van der Waals surface area (Å²) in [6, 6.07) is 14.6. The van der Waals surface area contributed by atoms with Crippen molar-refractivity contribution < 1.29 is 15.0 Å². The summed E-state index contributed by atoms with van der Waals surface area (Å²) in [6.45, 7) is 1.64. The maximum Gasteiger partial charge on any atom is 0.253 e. The Balaban J connectivity index is 1.69. The molecule has 4 heteroatoms. The molecule has 0 saturated carbocycles. The number of aliphatic hydroxyl groups excluding tert-OH is 1. The Morgan fingerprint density at radius 2 is 1.48 bits per heavy atom. The van der Waals surface area contributed by atoms with Crippen LogP contribution in [0, 0.1) is 5.92 Å². The molecule has 0 unspecified atom stereocenters. The van der Waals surface area contributed by atoms with Crippen molar-refractivity contribution in [3.8, 4) is 16.9 Å². The summed E-state index contributed by atoms with van der Waals surface area (Å²) in [5, 5.41) is 18.5. The standard InChI is InChI=1S/C19H21NO3/c21-13-14-9-11-20(12-10-14)19(23)17-3-1-15(2-4-17)16-5-7-18(22)8-6-16/h1-8,14,21-22H,9-13H2. The van der Waals surface area contributed by atoms with Crippen molar-refractivity contribution in [2.24, 2.45) is 5.92 Å². The van der Waals surface area contributed by atoms with Crippen LogP contribution in [0.25, 0.3) is 11.1 Å². The monoisotopic (exact) mass is 311 g/mol. The highest BCUT2D eigenvalue weighted by Crippen LogP contribution is 2.23. The molecule has 2 aromatic carbocycles. The van der Waals surface area contributed by atoms with Gasteiger partial charge in [-0.05, 0) is 54.2 Å². The van der Waals surface area contributed by atoms with Crippen LogP contribution in [0.3, 0.4) is 0 Å². The summed E-state index contributed by atoms with van der Waals surface area (Å²) < 4.78 is 0. The lowest BCUT2D eigenvalue weighted by atomic mass is 9.97. The first-order valence-corrected chi connectivity index (χ1v) is 7.97. The van der Waals surface area contributed by atoms with Crippen molar-refractivity contribution in [1.82, 2.24) is 4.90 Å². The molecule has 2 aromatic rings. The molecule has 1 amide bonds. The zero-order valence-electron chi connectivity index (χ0n) is 13.0. The van der Waals surface area contributed by atoms with E-state index >= 15 is 0 Å². The smallest absolute Gasteiger partial charge is 0.253 e. The minimum absolute atomic E-state index is 0.0543. The molecule has 1 fully saturated rings. The Morgan fingerprint density at radius 3 is 2.00 bits per heavy atom. The Kier molecular flexibility index (Phi) is 4.63. The zero-order valence-corrected chi connectivity index (χ0v) is 13.0. The van der Waals surface area contributed by atoms with Crippen molar-refractivity contribution in [2.75, 3.05) is 19.7 Å². The molecule has 0 aliphatic carbocycles. The van der Waals surface area contributed by atoms with E-state index in [2.05, 4.69) is 0 Å². The van der Waals surface area contributed by atoms with E-state index in [4.69, 9.17) is 5.11 Å². The van der Waals surface area contributed by atoms with Crippen molar-refractivity contribution in [1.29, 1.82) is 0 Å². The number of likely N-dealkylation sites (tertiary alicyclic amines) is 1. The predicted molar refractivity (Wildman–Crippen MR) is 89.3 cm³/mol. The van der Waals surface area contributed by atoms with E-state index < -0.39 is 0 Å². The van der Waals surface area contributed by atoms with Crippen molar-refractivity contribution in [2.45, 2.75) is 12.8 Å². The highest BCUT2D eigenvalue weighted by Gasteiger charge is 2.23. The number of nitrogens with zero attached hydrogens (tertiary/aromatic N) is 1. The fourth-order valence-corrected chi connectivity index (χ4v) is 2.96. The number of aliphatic hydroxyl groups is 1. The molecule has 0 spiro atoms. The van der Waals surface area contributed by atoms with E-state index in [1.54, 1.807) is 12.1 Å². The fraction of sp³-hybridized carbons (Fsp3) is 0.316. The number of carbonyl (C=O) groups excluding carboxylic acids is 1. The number of amides is 1. The first-order chi connectivity index (χ1) is 11.2. The van der Waals surface area contributed by atoms with Crippen LogP contribution in [0.5, 0.6) is 5.75 Å². The van der Waals surface area contributed by atoms with E-state index in [1.165, 1.54) is 0 Å². The van der Waals surface area contributed by atoms with Crippen LogP contribution in [-0.2, 0) is 0 Å². The molecule has 1 aliphatic rings. The Hall–Kier alpha value is -2.33. The van der Waals surface area contributed by atoms with Crippen LogP contribution >= 0.6 is 0 Å². The number of phenolic OH excluding ortho intramolecular Hbond substituents is 1. The van der Waals surface area contributed by atoms with Gasteiger partial charge in [-0.15, -0.1) is 0 Å². The average molecular weight is 311 g/mol. The number of rotatable bonds is 3. The molecule has 120 valence electrons. The third-order valence-electron chi connectivity index (χ3n) is 4.49. The van der Waals surface area contributed by atoms with E-state index in [9.17, 15) is 9.90 Å². The van der Waals surface area contributed by atoms with Gasteiger partial charge >= 0.3 is 0 Å². The molecule has 0 bridgehead atoms. The Bertz CT molecular complexity index is 656. The van der Waals surface area contributed by atoms with Gasteiger partial charge in [-0.2, -0.15) is 0 Å². The lowest BCUT2D eigenvalue weighted by Crippen LogP contribution is -2.39. The maximum atomic E-state index is 12.5. The summed E-state index contributed by atoms with van der Waals surface area (Å²) in [4.78, 5) is 14.4. The van der Waals surface area contributed by atoms with Gasteiger partial charge in [0.2, 0.25) is 0 Å². The summed E-state index contributed by atoms with van der Waals surface area (Å²) in [6.07, 6.45) is 1.74. The van der Waals surface area contributed by atoms with E-state index in [-0.39, 0.29) is 18.3 Å². The number of hydrogen-bond acceptors (Lipinski definition) is 3. The van der Waals surface area contributed by atoms with Gasteiger partial charge < -0.3 is 15.1 Å². The second-order valence-corrected chi connectivity index (χ2v) is 6.04. The van der Waals surface area contributed by atoms with E-state index in [0.29, 0.717) is 24.6 Å². The quantitative estimate of drug-likeness (QED) is 0.916. The Morgan fingerprint density at radius 1 is 0.957 bits per heavy atom. The van der Waals surface area contributed by atoms with Gasteiger partial charge in [0.1, 0.15) is 5.75 Å². The van der Waals surface area contributed by atoms with Crippen LogP contribution in [0.4, 0.5) is 0 Å². The van der Waals surface area contributed by atoms with Crippen LogP contribution in [0.1, 0.15) is 23.2 Å². The molecule has 0 radical (unpaired) electrons. The summed E-state index contributed by atoms with van der Waals surface area (Å²) in [7, 11) is 0. The lowest BCUT2D eigenvalue weighted by Gasteiger charge is -2.31. The second-order valence-electron chi connectivity index (χ2n) is 6.04. The number of benzene rings is 2. The number of hydrogen-bond donors (Lipinski definition) is 2. The highest BCUT2D eigenvalue weighted by atomic mass is 16.3. The number of carbonyl (C=O) groups is 1. The zero-order chi connectivity index (χ0) is 16.2. The molecule has 23 heavy (non-hydrogen) atoms. The van der Waals surface area contributed by atoms with Crippen molar-refractivity contribution >= 4 is 5.91 Å². The van der Waals surface area contributed by atoms with Gasteiger partial charge in [0.25, 0.3) is 5.91 Å². The largest absolute Gasteiger partial charge is 0.508 e. The average Bonchev–Trinajstić information content (AvgIpc) is 2.62. The number of piperidine rings is 1. The summed E-state index contributed by atoms with van der Waals surface area (Å²) in [5.74, 6) is 0.626. The third-order valence-corrected chi connectivity index (χ3v) is 4.49. The molecule has 1 aliphatic heterocycles. The van der Waals surface area contributed by atoms with Crippen molar-refractivity contribution in [3.05, 3.63) is 54.1 Å². The molecule has 0 aromatic heterocycles. The topological polar surface area (TPSA) is 60.8 Å². The van der Waals surface area contributed by atoms with E-state index in [1.807, 2.05) is 41.3 Å². The van der Waals surface area contributed by atoms with Gasteiger partial charge in [0.05, 0.1) is 0 Å². The number of aromatic hydroxyl groups is 1. The summed E-state index contributed by atoms with van der Waals surface area (Å²) in [5.41, 5.74) is 2.71. The lowest BCUT2D eigenvalue weighted by molar-refractivity contribution is 0.0651. The van der Waals surface area contributed by atoms with Gasteiger partial charge in [0.15, 0.2) is 0 Å². The SMILES string of the molecule is O=C(c1ccc(-c2ccc(O)cc2)cc1)N1CCC(CO)CC1. The van der Waals surface area contributed by atoms with Gasteiger partial charge in [-0.3, -0.25) is 4.79 Å². The first kappa shape index (κ1) is 15.6. The molecule has 2 N–H and O–H groups in total. The molecular formula is C19H21NO3. The number of phenols is 1. The second kappa shape index (κ2) is 6.84. The Labute approximate surface area is 136 Å². The van der Waals surface area contributed by atoms with Crippen LogP contribution in [0.15, 0.2) is 48.5 Å². The van der Waals surface area contributed by atoms with E-state index in [0.717, 1.165) is 24.0 Å². The molecule has 0 atom stereocenters. The first-order valence-electron chi connectivity index (χ1n) is 7.97. The molecule has 3 rings (SSSR count). The fourth-order valence-electron chi connectivity index (χ4n) is 2.96. The predicted octanol–water partition coefficient (Wildman–Crippen LogP) is 2.90. The van der Waals surface area contributed by atoms with Gasteiger partial charge in [0, 0.05) is 25.3 Å². The van der Waals surface area contributed by atoms with Gasteiger partial charge in [-0.1, -0.05) is 24.3 Å². The summed E-state index contributed by atoms with van der Waals surface area (Å²) >= 11 is 0. The molecule has 4 nitrogen and oxygen atoms in total. The van der Waals surface area contributed by atoms with Gasteiger partial charge in [-0.25, -0.2) is 0 Å². The minimum Gasteiger partial charge on any atom is -0.508 e. The van der Waals surface area contributed by atoms with Crippen LogP contribution in [-0.4, -0.2) is 40.7 Å². The normalized spacial score (nSPS) is 15.6. The minimum atomic E-state index is 0.0543.